The van der Waals surface area contributed by atoms with Crippen LogP contribution >= 0.6 is 0 Å². The Bertz CT molecular complexity index is 1670. The van der Waals surface area contributed by atoms with E-state index in [4.69, 9.17) is 9.47 Å². The monoisotopic (exact) mass is 508 g/mol. The Morgan fingerprint density at radius 3 is 1.26 bits per heavy atom. The third kappa shape index (κ3) is 5.00. The molecule has 4 nitrogen and oxygen atoms in total. The minimum atomic E-state index is -0.430. The third-order valence-corrected chi connectivity index (χ3v) is 6.77. The van der Waals surface area contributed by atoms with Gasteiger partial charge in [0.2, 0.25) is 0 Å². The lowest BCUT2D eigenvalue weighted by Crippen LogP contribution is -2.12. The Kier molecular flexibility index (Phi) is 6.59. The zero-order valence-electron chi connectivity index (χ0n) is 21.0. The van der Waals surface area contributed by atoms with Crippen molar-refractivity contribution >= 4 is 33.5 Å². The first-order valence-electron chi connectivity index (χ1n) is 12.7. The summed E-state index contributed by atoms with van der Waals surface area (Å²) in [5.74, 6) is 0.0770. The average Bonchev–Trinajstić information content (AvgIpc) is 3.00. The summed E-state index contributed by atoms with van der Waals surface area (Å²) in [5, 5.41) is 3.97. The van der Waals surface area contributed by atoms with E-state index < -0.39 is 11.9 Å². The van der Waals surface area contributed by atoms with E-state index in [1.807, 2.05) is 84.9 Å². The average molecular weight is 509 g/mol. The van der Waals surface area contributed by atoms with E-state index in [-0.39, 0.29) is 0 Å². The molecule has 6 aromatic carbocycles. The summed E-state index contributed by atoms with van der Waals surface area (Å²) in [6.45, 7) is 0. The van der Waals surface area contributed by atoms with E-state index in [1.54, 1.807) is 48.5 Å². The zero-order valence-corrected chi connectivity index (χ0v) is 21.0. The van der Waals surface area contributed by atoms with Gasteiger partial charge in [-0.3, -0.25) is 0 Å². The highest BCUT2D eigenvalue weighted by atomic mass is 16.5. The van der Waals surface area contributed by atoms with E-state index in [9.17, 15) is 9.59 Å². The Hall–Kier alpha value is -5.22. The van der Waals surface area contributed by atoms with Gasteiger partial charge >= 0.3 is 11.9 Å². The van der Waals surface area contributed by atoms with E-state index in [1.165, 1.54) is 0 Å². The number of fused-ring (bicyclic) bond motifs is 2. The third-order valence-electron chi connectivity index (χ3n) is 6.77. The van der Waals surface area contributed by atoms with Gasteiger partial charge in [-0.15, -0.1) is 0 Å². The van der Waals surface area contributed by atoms with Crippen molar-refractivity contribution in [3.05, 3.63) is 156 Å². The predicted octanol–water partition coefficient (Wildman–Crippen LogP) is 8.02. The molecule has 0 bridgehead atoms. The molecule has 0 N–H and O–H groups in total. The summed E-state index contributed by atoms with van der Waals surface area (Å²) in [6, 6.07) is 41.4. The van der Waals surface area contributed by atoms with Crippen molar-refractivity contribution in [2.45, 2.75) is 6.42 Å². The highest BCUT2D eigenvalue weighted by Crippen LogP contribution is 2.36. The van der Waals surface area contributed by atoms with Crippen molar-refractivity contribution in [2.75, 3.05) is 0 Å². The van der Waals surface area contributed by atoms with Gasteiger partial charge in [0.15, 0.2) is 0 Å². The number of carbonyl (C=O) groups excluding carboxylic acids is 2. The van der Waals surface area contributed by atoms with Crippen LogP contribution in [0.2, 0.25) is 0 Å². The number of hydrogen-bond donors (Lipinski definition) is 0. The van der Waals surface area contributed by atoms with Crippen LogP contribution in [0.15, 0.2) is 133 Å². The van der Waals surface area contributed by atoms with Crippen LogP contribution in [0.25, 0.3) is 21.5 Å². The van der Waals surface area contributed by atoms with Crippen LogP contribution in [0.1, 0.15) is 31.8 Å². The molecule has 0 spiro atoms. The van der Waals surface area contributed by atoms with Crippen LogP contribution in [-0.4, -0.2) is 11.9 Å². The van der Waals surface area contributed by atoms with Gasteiger partial charge in [-0.05, 0) is 57.9 Å². The SMILES string of the molecule is O=C(Oc1ccc2ccccc2c1Cc1c(OC(=O)c2ccccc2)ccc2ccccc12)c1ccccc1. The van der Waals surface area contributed by atoms with Gasteiger partial charge in [-0.1, -0.05) is 97.1 Å². The number of hydrogen-bond acceptors (Lipinski definition) is 4. The molecule has 0 radical (unpaired) electrons. The Balaban J connectivity index is 1.47. The molecule has 0 saturated carbocycles. The van der Waals surface area contributed by atoms with Crippen LogP contribution in [-0.2, 0) is 6.42 Å². The standard InChI is InChI=1S/C35H24O4/c36-34(26-13-3-1-4-14-26)38-32-21-19-24-11-7-9-17-28(24)30(32)23-31-29-18-10-8-12-25(29)20-22-33(31)39-35(37)27-15-5-2-6-16-27/h1-22H,23H2. The molecule has 4 heteroatoms. The molecule has 0 saturated heterocycles. The van der Waals surface area contributed by atoms with Gasteiger partial charge in [0.05, 0.1) is 11.1 Å². The molecule has 39 heavy (non-hydrogen) atoms. The van der Waals surface area contributed by atoms with E-state index in [2.05, 4.69) is 0 Å². The Morgan fingerprint density at radius 1 is 0.436 bits per heavy atom. The fraction of sp³-hybridized carbons (Fsp3) is 0.0286. The second kappa shape index (κ2) is 10.6. The maximum absolute atomic E-state index is 13.0. The van der Waals surface area contributed by atoms with Crippen molar-refractivity contribution in [3.8, 4) is 11.5 Å². The molecule has 6 aromatic rings. The largest absolute Gasteiger partial charge is 0.423 e. The lowest BCUT2D eigenvalue weighted by molar-refractivity contribution is 0.0726. The molecule has 188 valence electrons. The second-order valence-corrected chi connectivity index (χ2v) is 9.21. The van der Waals surface area contributed by atoms with E-state index >= 15 is 0 Å². The van der Waals surface area contributed by atoms with Gasteiger partial charge < -0.3 is 9.47 Å². The molecule has 0 atom stereocenters. The van der Waals surface area contributed by atoms with Crippen LogP contribution in [0, 0.1) is 0 Å². The van der Waals surface area contributed by atoms with Crippen molar-refractivity contribution in [1.29, 1.82) is 0 Å². The molecule has 0 aromatic heterocycles. The number of ether oxygens (including phenoxy) is 2. The molecule has 0 aliphatic heterocycles. The maximum atomic E-state index is 13.0. The van der Waals surface area contributed by atoms with Crippen LogP contribution < -0.4 is 9.47 Å². The van der Waals surface area contributed by atoms with E-state index in [0.29, 0.717) is 29.0 Å². The Morgan fingerprint density at radius 2 is 0.821 bits per heavy atom. The Labute approximate surface area is 226 Å². The highest BCUT2D eigenvalue weighted by Gasteiger charge is 2.19. The topological polar surface area (TPSA) is 52.6 Å². The highest BCUT2D eigenvalue weighted by molar-refractivity contribution is 5.96. The summed E-state index contributed by atoms with van der Waals surface area (Å²) in [4.78, 5) is 26.1. The van der Waals surface area contributed by atoms with Crippen molar-refractivity contribution in [1.82, 2.24) is 0 Å². The fourth-order valence-electron chi connectivity index (χ4n) is 4.83. The molecular formula is C35H24O4. The van der Waals surface area contributed by atoms with E-state index in [0.717, 1.165) is 32.7 Å². The summed E-state index contributed by atoms with van der Waals surface area (Å²) in [5.41, 5.74) is 2.62. The lowest BCUT2D eigenvalue weighted by Gasteiger charge is -2.17. The summed E-state index contributed by atoms with van der Waals surface area (Å²) in [7, 11) is 0. The van der Waals surface area contributed by atoms with Crippen LogP contribution in [0.3, 0.4) is 0 Å². The summed E-state index contributed by atoms with van der Waals surface area (Å²) < 4.78 is 11.9. The number of rotatable bonds is 6. The maximum Gasteiger partial charge on any atom is 0.343 e. The predicted molar refractivity (Wildman–Crippen MR) is 154 cm³/mol. The summed E-state index contributed by atoms with van der Waals surface area (Å²) >= 11 is 0. The van der Waals surface area contributed by atoms with Crippen LogP contribution in [0.5, 0.6) is 11.5 Å². The molecule has 0 aliphatic carbocycles. The second-order valence-electron chi connectivity index (χ2n) is 9.21. The lowest BCUT2D eigenvalue weighted by atomic mass is 9.93. The molecule has 6 rings (SSSR count). The van der Waals surface area contributed by atoms with Gasteiger partial charge in [0, 0.05) is 17.5 Å². The first kappa shape index (κ1) is 24.1. The molecule has 0 amide bonds. The van der Waals surface area contributed by atoms with Gasteiger partial charge in [-0.2, -0.15) is 0 Å². The molecule has 0 aliphatic rings. The van der Waals surface area contributed by atoms with Gasteiger partial charge in [0.25, 0.3) is 0 Å². The van der Waals surface area contributed by atoms with Gasteiger partial charge in [-0.25, -0.2) is 9.59 Å². The normalized spacial score (nSPS) is 10.9. The zero-order chi connectivity index (χ0) is 26.6. The summed E-state index contributed by atoms with van der Waals surface area (Å²) in [6.07, 6.45) is 0.386. The fourth-order valence-corrected chi connectivity index (χ4v) is 4.83. The molecule has 0 fully saturated rings. The molecule has 0 heterocycles. The molecular weight excluding hydrogens is 484 g/mol. The van der Waals surface area contributed by atoms with Crippen molar-refractivity contribution in [3.63, 3.8) is 0 Å². The quantitative estimate of drug-likeness (QED) is 0.169. The first-order valence-corrected chi connectivity index (χ1v) is 12.7. The van der Waals surface area contributed by atoms with Crippen molar-refractivity contribution < 1.29 is 19.1 Å². The smallest absolute Gasteiger partial charge is 0.343 e. The minimum Gasteiger partial charge on any atom is -0.423 e. The molecule has 0 unspecified atom stereocenters. The van der Waals surface area contributed by atoms with Crippen molar-refractivity contribution in [2.24, 2.45) is 0 Å². The first-order chi connectivity index (χ1) is 19.2. The number of carbonyl (C=O) groups is 2. The minimum absolute atomic E-state index is 0.386. The van der Waals surface area contributed by atoms with Gasteiger partial charge in [0.1, 0.15) is 11.5 Å². The number of benzene rings is 6. The number of esters is 2. The van der Waals surface area contributed by atoms with Crippen LogP contribution in [0.4, 0.5) is 0 Å².